The standard InChI is InChI=1S/C14H16BrFO/c15-12-2-1-9(13(16)4-12)5-14(8-17)6-10-3-11(10)7-14/h1-2,4,10-11,17H,3,5-8H2. The molecule has 2 unspecified atom stereocenters. The minimum Gasteiger partial charge on any atom is -0.396 e. The molecule has 0 aromatic heterocycles. The number of halogens is 2. The van der Waals surface area contributed by atoms with Gasteiger partial charge in [-0.15, -0.1) is 0 Å². The van der Waals surface area contributed by atoms with Crippen molar-refractivity contribution in [3.05, 3.63) is 34.1 Å². The lowest BCUT2D eigenvalue weighted by Crippen LogP contribution is -2.26. The molecule has 2 aliphatic rings. The summed E-state index contributed by atoms with van der Waals surface area (Å²) in [6.07, 6.45) is 4.15. The molecule has 2 saturated carbocycles. The van der Waals surface area contributed by atoms with Gasteiger partial charge >= 0.3 is 0 Å². The van der Waals surface area contributed by atoms with Crippen LogP contribution in [0.1, 0.15) is 24.8 Å². The van der Waals surface area contributed by atoms with Gasteiger partial charge in [-0.2, -0.15) is 0 Å². The Morgan fingerprint density at radius 1 is 1.35 bits per heavy atom. The van der Waals surface area contributed by atoms with E-state index in [2.05, 4.69) is 15.9 Å². The van der Waals surface area contributed by atoms with Gasteiger partial charge in [0.05, 0.1) is 0 Å². The number of benzene rings is 1. The summed E-state index contributed by atoms with van der Waals surface area (Å²) in [5.41, 5.74) is 0.686. The molecule has 3 rings (SSSR count). The van der Waals surface area contributed by atoms with E-state index >= 15 is 0 Å². The molecule has 0 aliphatic heterocycles. The number of aliphatic hydroxyl groups is 1. The lowest BCUT2D eigenvalue weighted by Gasteiger charge is -2.28. The minimum atomic E-state index is -0.159. The maximum Gasteiger partial charge on any atom is 0.127 e. The Kier molecular flexibility index (Phi) is 2.79. The zero-order valence-corrected chi connectivity index (χ0v) is 11.2. The highest BCUT2D eigenvalue weighted by Crippen LogP contribution is 2.60. The van der Waals surface area contributed by atoms with Crippen molar-refractivity contribution in [3.63, 3.8) is 0 Å². The van der Waals surface area contributed by atoms with Gasteiger partial charge in [0.2, 0.25) is 0 Å². The molecule has 0 radical (unpaired) electrons. The lowest BCUT2D eigenvalue weighted by atomic mass is 9.78. The van der Waals surface area contributed by atoms with Gasteiger partial charge in [0.15, 0.2) is 0 Å². The van der Waals surface area contributed by atoms with Crippen LogP contribution >= 0.6 is 15.9 Å². The van der Waals surface area contributed by atoms with Gasteiger partial charge in [-0.05, 0) is 60.6 Å². The molecule has 0 amide bonds. The second-order valence-electron chi connectivity index (χ2n) is 5.73. The molecule has 0 heterocycles. The fraction of sp³-hybridized carbons (Fsp3) is 0.571. The summed E-state index contributed by atoms with van der Waals surface area (Å²) in [4.78, 5) is 0. The van der Waals surface area contributed by atoms with E-state index < -0.39 is 0 Å². The van der Waals surface area contributed by atoms with Crippen LogP contribution in [0.4, 0.5) is 4.39 Å². The molecule has 1 N–H and O–H groups in total. The van der Waals surface area contributed by atoms with Crippen molar-refractivity contribution in [1.82, 2.24) is 0 Å². The summed E-state index contributed by atoms with van der Waals surface area (Å²) < 4.78 is 14.6. The number of rotatable bonds is 3. The van der Waals surface area contributed by atoms with E-state index in [0.29, 0.717) is 6.42 Å². The van der Waals surface area contributed by atoms with E-state index in [1.165, 1.54) is 12.5 Å². The van der Waals surface area contributed by atoms with Crippen LogP contribution in [0.25, 0.3) is 0 Å². The van der Waals surface area contributed by atoms with Crippen LogP contribution in [0.5, 0.6) is 0 Å². The number of fused-ring (bicyclic) bond motifs is 1. The molecule has 1 aromatic carbocycles. The third-order valence-electron chi connectivity index (χ3n) is 4.38. The zero-order chi connectivity index (χ0) is 12.0. The summed E-state index contributed by atoms with van der Waals surface area (Å²) >= 11 is 3.27. The van der Waals surface area contributed by atoms with Gasteiger partial charge in [0, 0.05) is 11.1 Å². The smallest absolute Gasteiger partial charge is 0.127 e. The summed E-state index contributed by atoms with van der Waals surface area (Å²) in [5, 5.41) is 9.63. The van der Waals surface area contributed by atoms with Gasteiger partial charge in [-0.25, -0.2) is 4.39 Å². The quantitative estimate of drug-likeness (QED) is 0.905. The van der Waals surface area contributed by atoms with Crippen LogP contribution in [-0.4, -0.2) is 11.7 Å². The van der Waals surface area contributed by atoms with Gasteiger partial charge in [-0.1, -0.05) is 22.0 Å². The normalized spacial score (nSPS) is 34.8. The van der Waals surface area contributed by atoms with Crippen LogP contribution in [0.15, 0.2) is 22.7 Å². The average molecular weight is 299 g/mol. The zero-order valence-electron chi connectivity index (χ0n) is 9.63. The SMILES string of the molecule is OCC1(Cc2ccc(Br)cc2F)CC2CC2C1. The van der Waals surface area contributed by atoms with Crippen LogP contribution in [0, 0.1) is 23.1 Å². The molecule has 0 bridgehead atoms. The lowest BCUT2D eigenvalue weighted by molar-refractivity contribution is 0.116. The Morgan fingerprint density at radius 2 is 2.06 bits per heavy atom. The molecule has 0 spiro atoms. The summed E-state index contributed by atoms with van der Waals surface area (Å²) in [6.45, 7) is 0.190. The first-order valence-corrected chi connectivity index (χ1v) is 6.96. The maximum atomic E-state index is 13.8. The molecule has 92 valence electrons. The average Bonchev–Trinajstić information content (AvgIpc) is 2.91. The van der Waals surface area contributed by atoms with E-state index in [0.717, 1.165) is 34.7 Å². The van der Waals surface area contributed by atoms with Crippen molar-refractivity contribution >= 4 is 15.9 Å². The molecule has 0 saturated heterocycles. The number of hydrogen-bond acceptors (Lipinski definition) is 1. The van der Waals surface area contributed by atoms with Gasteiger partial charge < -0.3 is 5.11 Å². The second kappa shape index (κ2) is 4.06. The van der Waals surface area contributed by atoms with E-state index in [9.17, 15) is 9.50 Å². The highest BCUT2D eigenvalue weighted by Gasteiger charge is 2.53. The summed E-state index contributed by atoms with van der Waals surface area (Å²) in [5.74, 6) is 1.45. The van der Waals surface area contributed by atoms with E-state index in [-0.39, 0.29) is 17.8 Å². The van der Waals surface area contributed by atoms with Crippen LogP contribution < -0.4 is 0 Å². The first kappa shape index (κ1) is 11.7. The molecule has 17 heavy (non-hydrogen) atoms. The van der Waals surface area contributed by atoms with Crippen molar-refractivity contribution in [2.24, 2.45) is 17.3 Å². The van der Waals surface area contributed by atoms with Crippen molar-refractivity contribution in [1.29, 1.82) is 0 Å². The van der Waals surface area contributed by atoms with Crippen LogP contribution in [0.3, 0.4) is 0 Å². The Morgan fingerprint density at radius 3 is 2.65 bits per heavy atom. The van der Waals surface area contributed by atoms with Gasteiger partial charge in [-0.3, -0.25) is 0 Å². The Hall–Kier alpha value is -0.410. The summed E-state index contributed by atoms with van der Waals surface area (Å²) in [6, 6.07) is 5.22. The molecule has 2 atom stereocenters. The molecule has 2 aliphatic carbocycles. The maximum absolute atomic E-state index is 13.8. The van der Waals surface area contributed by atoms with Crippen molar-refractivity contribution in [3.8, 4) is 0 Å². The molecule has 3 heteroatoms. The highest BCUT2D eigenvalue weighted by molar-refractivity contribution is 9.10. The third-order valence-corrected chi connectivity index (χ3v) is 4.87. The Labute approximate surface area is 109 Å². The molecule has 1 nitrogen and oxygen atoms in total. The van der Waals surface area contributed by atoms with E-state index in [4.69, 9.17) is 0 Å². The predicted octanol–water partition coefficient (Wildman–Crippen LogP) is 3.54. The van der Waals surface area contributed by atoms with Crippen molar-refractivity contribution < 1.29 is 9.50 Å². The van der Waals surface area contributed by atoms with E-state index in [1.54, 1.807) is 0 Å². The largest absolute Gasteiger partial charge is 0.396 e. The first-order chi connectivity index (χ1) is 8.12. The van der Waals surface area contributed by atoms with E-state index in [1.807, 2.05) is 12.1 Å². The number of aliphatic hydroxyl groups excluding tert-OH is 1. The Bertz CT molecular complexity index is 436. The minimum absolute atomic E-state index is 0.0533. The molecular formula is C14H16BrFO. The molecule has 2 fully saturated rings. The second-order valence-corrected chi connectivity index (χ2v) is 6.65. The van der Waals surface area contributed by atoms with Crippen molar-refractivity contribution in [2.75, 3.05) is 6.61 Å². The monoisotopic (exact) mass is 298 g/mol. The summed E-state index contributed by atoms with van der Waals surface area (Å²) in [7, 11) is 0. The fourth-order valence-corrected chi connectivity index (χ4v) is 3.74. The highest BCUT2D eigenvalue weighted by atomic mass is 79.9. The molecular weight excluding hydrogens is 283 g/mol. The van der Waals surface area contributed by atoms with Gasteiger partial charge in [0.1, 0.15) is 5.82 Å². The van der Waals surface area contributed by atoms with Crippen molar-refractivity contribution in [2.45, 2.75) is 25.7 Å². The fourth-order valence-electron chi connectivity index (χ4n) is 3.40. The predicted molar refractivity (Wildman–Crippen MR) is 68.2 cm³/mol. The van der Waals surface area contributed by atoms with Gasteiger partial charge in [0.25, 0.3) is 0 Å². The van der Waals surface area contributed by atoms with Crippen LogP contribution in [0.2, 0.25) is 0 Å². The third kappa shape index (κ3) is 2.15. The van der Waals surface area contributed by atoms with Crippen LogP contribution in [-0.2, 0) is 6.42 Å². The first-order valence-electron chi connectivity index (χ1n) is 6.17. The number of hydrogen-bond donors (Lipinski definition) is 1. The Balaban J connectivity index is 1.81. The molecule has 1 aromatic rings. The topological polar surface area (TPSA) is 20.2 Å².